The third-order valence-corrected chi connectivity index (χ3v) is 5.41. The minimum absolute atomic E-state index is 0.0111. The Balaban J connectivity index is 2.47. The first kappa shape index (κ1) is 10.8. The average molecular weight is 199 g/mol. The second-order valence-corrected chi connectivity index (χ2v) is 6.31. The molecule has 0 aromatic carbocycles. The third kappa shape index (κ3) is 2.60. The lowest BCUT2D eigenvalue weighted by Gasteiger charge is -2.17. The van der Waals surface area contributed by atoms with Gasteiger partial charge >= 0.3 is 0 Å². The lowest BCUT2D eigenvalue weighted by atomic mass is 10.3. The van der Waals surface area contributed by atoms with Crippen molar-refractivity contribution in [2.24, 2.45) is 4.99 Å². The Labute approximate surface area is 84.7 Å². The molecule has 0 aromatic rings. The molecule has 0 fully saturated rings. The maximum Gasteiger partial charge on any atom is 0.0546 e. The standard InChI is InChI=1S/C11H21NS/c1-5-6-7-8-13-10(3)9(2)12-11(13)4/h13H,5-8H2,1-4H3. The van der Waals surface area contributed by atoms with Crippen LogP contribution in [-0.2, 0) is 0 Å². The molecule has 0 saturated carbocycles. The number of aliphatic imine (C=N–C) groups is 1. The fourth-order valence-corrected chi connectivity index (χ4v) is 4.07. The number of allylic oxidation sites excluding steroid dienone is 2. The first-order valence-corrected chi connectivity index (χ1v) is 6.69. The van der Waals surface area contributed by atoms with Crippen LogP contribution < -0.4 is 0 Å². The fraction of sp³-hybridized carbons (Fsp3) is 0.727. The first-order chi connectivity index (χ1) is 6.16. The molecule has 0 amide bonds. The van der Waals surface area contributed by atoms with Gasteiger partial charge < -0.3 is 0 Å². The highest BCUT2D eigenvalue weighted by Gasteiger charge is 2.17. The van der Waals surface area contributed by atoms with Gasteiger partial charge in [0.1, 0.15) is 0 Å². The quantitative estimate of drug-likeness (QED) is 0.521. The van der Waals surface area contributed by atoms with Crippen molar-refractivity contribution in [1.82, 2.24) is 0 Å². The molecule has 1 aliphatic heterocycles. The minimum Gasteiger partial charge on any atom is -0.252 e. The average Bonchev–Trinajstić information content (AvgIpc) is 2.32. The summed E-state index contributed by atoms with van der Waals surface area (Å²) in [5.74, 6) is 1.36. The van der Waals surface area contributed by atoms with E-state index in [1.807, 2.05) is 0 Å². The zero-order valence-electron chi connectivity index (χ0n) is 9.22. The second kappa shape index (κ2) is 4.85. The van der Waals surface area contributed by atoms with Crippen molar-refractivity contribution in [3.05, 3.63) is 10.6 Å². The fourth-order valence-electron chi connectivity index (χ4n) is 1.67. The van der Waals surface area contributed by atoms with Crippen molar-refractivity contribution in [2.75, 3.05) is 5.75 Å². The Kier molecular flexibility index (Phi) is 4.04. The van der Waals surface area contributed by atoms with Gasteiger partial charge in [-0.25, -0.2) is 0 Å². The lowest BCUT2D eigenvalue weighted by Crippen LogP contribution is -1.96. The van der Waals surface area contributed by atoms with Gasteiger partial charge in [-0.3, -0.25) is 4.99 Å². The van der Waals surface area contributed by atoms with Crippen molar-refractivity contribution in [3.8, 4) is 0 Å². The number of hydrogen-bond donors (Lipinski definition) is 1. The van der Waals surface area contributed by atoms with Crippen LogP contribution in [0, 0.1) is 0 Å². The number of thiol groups is 1. The van der Waals surface area contributed by atoms with Crippen molar-refractivity contribution < 1.29 is 0 Å². The molecule has 1 rings (SSSR count). The summed E-state index contributed by atoms with van der Waals surface area (Å²) in [6, 6.07) is 0. The summed E-state index contributed by atoms with van der Waals surface area (Å²) in [7, 11) is 0.0111. The van der Waals surface area contributed by atoms with Crippen molar-refractivity contribution in [3.63, 3.8) is 0 Å². The Hall–Kier alpha value is -0.240. The summed E-state index contributed by atoms with van der Waals surface area (Å²) in [5, 5.41) is 1.39. The number of nitrogens with zero attached hydrogens (tertiary/aromatic N) is 1. The molecule has 1 atom stereocenters. The van der Waals surface area contributed by atoms with E-state index in [9.17, 15) is 0 Å². The molecular weight excluding hydrogens is 178 g/mol. The Morgan fingerprint density at radius 1 is 1.15 bits per heavy atom. The first-order valence-electron chi connectivity index (χ1n) is 5.17. The predicted molar refractivity (Wildman–Crippen MR) is 64.9 cm³/mol. The molecule has 0 radical (unpaired) electrons. The summed E-state index contributed by atoms with van der Waals surface area (Å²) < 4.78 is 0. The van der Waals surface area contributed by atoms with Gasteiger partial charge in [-0.1, -0.05) is 19.8 Å². The Morgan fingerprint density at radius 2 is 1.85 bits per heavy atom. The summed E-state index contributed by atoms with van der Waals surface area (Å²) in [6.45, 7) is 8.85. The van der Waals surface area contributed by atoms with Crippen LogP contribution in [0.25, 0.3) is 0 Å². The van der Waals surface area contributed by atoms with Crippen molar-refractivity contribution in [1.29, 1.82) is 0 Å². The molecule has 76 valence electrons. The van der Waals surface area contributed by atoms with Crippen LogP contribution in [0.4, 0.5) is 0 Å². The molecule has 0 aliphatic carbocycles. The van der Waals surface area contributed by atoms with Gasteiger partial charge in [0.15, 0.2) is 0 Å². The van der Waals surface area contributed by atoms with Gasteiger partial charge in [0.05, 0.1) is 5.04 Å². The number of rotatable bonds is 4. The van der Waals surface area contributed by atoms with Gasteiger partial charge in [-0.2, -0.15) is 10.9 Å². The SMILES string of the molecule is CCCCC[SH]1C(C)=NC(C)=C1C. The summed E-state index contributed by atoms with van der Waals surface area (Å²) in [5.41, 5.74) is 1.28. The topological polar surface area (TPSA) is 12.4 Å². The maximum absolute atomic E-state index is 4.56. The predicted octanol–water partition coefficient (Wildman–Crippen LogP) is 3.86. The highest BCUT2D eigenvalue weighted by atomic mass is 32.2. The third-order valence-electron chi connectivity index (χ3n) is 2.63. The second-order valence-electron chi connectivity index (χ2n) is 3.69. The molecule has 0 spiro atoms. The van der Waals surface area contributed by atoms with Gasteiger partial charge in [0, 0.05) is 5.70 Å². The van der Waals surface area contributed by atoms with E-state index in [0.717, 1.165) is 0 Å². The van der Waals surface area contributed by atoms with E-state index in [1.165, 1.54) is 35.8 Å². The molecule has 1 nitrogen and oxygen atoms in total. The molecule has 0 N–H and O–H groups in total. The summed E-state index contributed by atoms with van der Waals surface area (Å²) >= 11 is 0. The number of hydrogen-bond acceptors (Lipinski definition) is 1. The molecule has 1 unspecified atom stereocenters. The van der Waals surface area contributed by atoms with Crippen LogP contribution in [0.1, 0.15) is 47.0 Å². The van der Waals surface area contributed by atoms with Crippen molar-refractivity contribution >= 4 is 15.9 Å². The zero-order chi connectivity index (χ0) is 9.84. The van der Waals surface area contributed by atoms with E-state index >= 15 is 0 Å². The Bertz CT molecular complexity index is 240. The molecule has 0 aromatic heterocycles. The van der Waals surface area contributed by atoms with Gasteiger partial charge in [-0.05, 0) is 37.9 Å². The van der Waals surface area contributed by atoms with Crippen LogP contribution in [0.15, 0.2) is 15.6 Å². The molecule has 1 aliphatic rings. The number of unbranched alkanes of at least 4 members (excludes halogenated alkanes) is 2. The lowest BCUT2D eigenvalue weighted by molar-refractivity contribution is 0.778. The zero-order valence-corrected chi connectivity index (χ0v) is 10.1. The smallest absolute Gasteiger partial charge is 0.0546 e. The van der Waals surface area contributed by atoms with Crippen molar-refractivity contribution in [2.45, 2.75) is 47.0 Å². The molecule has 13 heavy (non-hydrogen) atoms. The summed E-state index contributed by atoms with van der Waals surface area (Å²) in [4.78, 5) is 6.11. The van der Waals surface area contributed by atoms with E-state index in [1.54, 1.807) is 4.91 Å². The molecule has 0 saturated heterocycles. The van der Waals surface area contributed by atoms with Crippen LogP contribution in [0.5, 0.6) is 0 Å². The maximum atomic E-state index is 4.56. The van der Waals surface area contributed by atoms with Crippen LogP contribution in [0.2, 0.25) is 0 Å². The normalized spacial score (nSPS) is 25.2. The molecule has 1 heterocycles. The summed E-state index contributed by atoms with van der Waals surface area (Å²) in [6.07, 6.45) is 4.07. The van der Waals surface area contributed by atoms with Gasteiger partial charge in [-0.15, -0.1) is 0 Å². The van der Waals surface area contributed by atoms with E-state index < -0.39 is 0 Å². The van der Waals surface area contributed by atoms with Crippen LogP contribution in [-0.4, -0.2) is 10.8 Å². The monoisotopic (exact) mass is 199 g/mol. The van der Waals surface area contributed by atoms with E-state index in [-0.39, 0.29) is 10.9 Å². The largest absolute Gasteiger partial charge is 0.252 e. The van der Waals surface area contributed by atoms with Crippen LogP contribution >= 0.6 is 10.9 Å². The highest BCUT2D eigenvalue weighted by Crippen LogP contribution is 2.44. The minimum atomic E-state index is 0.0111. The van der Waals surface area contributed by atoms with E-state index in [0.29, 0.717) is 0 Å². The van der Waals surface area contributed by atoms with Crippen LogP contribution in [0.3, 0.4) is 0 Å². The van der Waals surface area contributed by atoms with E-state index in [4.69, 9.17) is 0 Å². The highest BCUT2D eigenvalue weighted by molar-refractivity contribution is 8.33. The van der Waals surface area contributed by atoms with Gasteiger partial charge in [0.2, 0.25) is 0 Å². The molecular formula is C11H21NS. The van der Waals surface area contributed by atoms with E-state index in [2.05, 4.69) is 32.7 Å². The molecule has 0 bridgehead atoms. The van der Waals surface area contributed by atoms with Gasteiger partial charge in [0.25, 0.3) is 0 Å². The Morgan fingerprint density at radius 3 is 2.31 bits per heavy atom. The molecule has 2 heteroatoms.